The summed E-state index contributed by atoms with van der Waals surface area (Å²) in [6.07, 6.45) is -1.18. The molecule has 2 heterocycles. The molecule has 2 amide bonds. The first-order chi connectivity index (χ1) is 12.7. The van der Waals surface area contributed by atoms with Gasteiger partial charge in [0.25, 0.3) is 11.8 Å². The van der Waals surface area contributed by atoms with Crippen LogP contribution in [-0.2, 0) is 0 Å². The highest BCUT2D eigenvalue weighted by atomic mass is 35.5. The summed E-state index contributed by atoms with van der Waals surface area (Å²) in [6.45, 7) is 3.36. The van der Waals surface area contributed by atoms with Crippen molar-refractivity contribution < 1.29 is 19.4 Å². The molecule has 0 aromatic heterocycles. The van der Waals surface area contributed by atoms with E-state index in [1.807, 2.05) is 6.07 Å². The van der Waals surface area contributed by atoms with E-state index in [-0.39, 0.29) is 11.1 Å². The van der Waals surface area contributed by atoms with Crippen LogP contribution in [0.5, 0.6) is 5.75 Å². The number of hydrogen-bond acceptors (Lipinski definition) is 5. The number of nitrogens with zero attached hydrogens (tertiary/aromatic N) is 2. The normalized spacial score (nSPS) is 22.7. The fourth-order valence-corrected chi connectivity index (χ4v) is 3.77. The van der Waals surface area contributed by atoms with Crippen molar-refractivity contribution in [3.05, 3.63) is 63.7 Å². The number of aliphatic hydroxyl groups is 1. The minimum atomic E-state index is -1.18. The van der Waals surface area contributed by atoms with Crippen molar-refractivity contribution in [1.82, 2.24) is 4.90 Å². The van der Waals surface area contributed by atoms with Gasteiger partial charge in [0.2, 0.25) is 0 Å². The van der Waals surface area contributed by atoms with E-state index in [2.05, 4.69) is 0 Å². The van der Waals surface area contributed by atoms with E-state index in [1.165, 1.54) is 18.2 Å². The zero-order chi connectivity index (χ0) is 19.5. The Morgan fingerprint density at radius 2 is 1.85 bits per heavy atom. The lowest BCUT2D eigenvalue weighted by molar-refractivity contribution is -0.0806. The third-order valence-electron chi connectivity index (χ3n) is 5.00. The van der Waals surface area contributed by atoms with Crippen LogP contribution in [0.2, 0.25) is 5.02 Å². The van der Waals surface area contributed by atoms with Crippen LogP contribution >= 0.6 is 11.6 Å². The van der Waals surface area contributed by atoms with Gasteiger partial charge in [-0.15, -0.1) is 0 Å². The summed E-state index contributed by atoms with van der Waals surface area (Å²) < 4.78 is 5.86. The molecule has 2 aromatic carbocycles. The molecule has 2 unspecified atom stereocenters. The van der Waals surface area contributed by atoms with Crippen LogP contribution in [0.15, 0.2) is 36.4 Å². The van der Waals surface area contributed by atoms with Gasteiger partial charge in [0.1, 0.15) is 17.5 Å². The number of amides is 2. The lowest BCUT2D eigenvalue weighted by Gasteiger charge is -2.44. The monoisotopic (exact) mass is 382 g/mol. The van der Waals surface area contributed by atoms with E-state index < -0.39 is 29.6 Å². The molecule has 0 fully saturated rings. The van der Waals surface area contributed by atoms with E-state index in [0.717, 1.165) is 4.90 Å². The van der Waals surface area contributed by atoms with Gasteiger partial charge in [-0.3, -0.25) is 14.5 Å². The molecule has 6 nitrogen and oxygen atoms in total. The predicted molar refractivity (Wildman–Crippen MR) is 96.6 cm³/mol. The van der Waals surface area contributed by atoms with Crippen molar-refractivity contribution in [3.63, 3.8) is 0 Å². The fourth-order valence-electron chi connectivity index (χ4n) is 3.60. The number of hydrogen-bond donors (Lipinski definition) is 1. The molecular weight excluding hydrogens is 368 g/mol. The third-order valence-corrected chi connectivity index (χ3v) is 5.24. The number of carbonyl (C=O) groups excluding carboxylic acids is 2. The molecule has 27 heavy (non-hydrogen) atoms. The molecule has 0 radical (unpaired) electrons. The molecule has 4 rings (SSSR count). The van der Waals surface area contributed by atoms with Crippen molar-refractivity contribution in [1.29, 1.82) is 5.26 Å². The largest absolute Gasteiger partial charge is 0.485 e. The number of aliphatic hydroxyl groups excluding tert-OH is 1. The number of benzene rings is 2. The maximum absolute atomic E-state index is 13.0. The molecule has 0 spiro atoms. The Hall–Kier alpha value is -2.88. The first kappa shape index (κ1) is 17.5. The number of nitriles is 1. The summed E-state index contributed by atoms with van der Waals surface area (Å²) in [5.74, 6) is -0.627. The second kappa shape index (κ2) is 5.81. The summed E-state index contributed by atoms with van der Waals surface area (Å²) >= 11 is 5.98. The Labute approximate surface area is 160 Å². The average molecular weight is 383 g/mol. The van der Waals surface area contributed by atoms with Gasteiger partial charge in [-0.05, 0) is 50.2 Å². The minimum absolute atomic E-state index is 0.196. The maximum atomic E-state index is 13.0. The second-order valence-electron chi connectivity index (χ2n) is 7.13. The molecule has 7 heteroatoms. The Kier molecular flexibility index (Phi) is 3.77. The third kappa shape index (κ3) is 2.51. The molecule has 136 valence electrons. The zero-order valence-corrected chi connectivity index (χ0v) is 15.3. The highest BCUT2D eigenvalue weighted by molar-refractivity contribution is 6.32. The van der Waals surface area contributed by atoms with Crippen LogP contribution in [0.4, 0.5) is 0 Å². The van der Waals surface area contributed by atoms with Gasteiger partial charge in [-0.2, -0.15) is 5.26 Å². The highest BCUT2D eigenvalue weighted by Gasteiger charge is 2.51. The summed E-state index contributed by atoms with van der Waals surface area (Å²) in [5, 5.41) is 20.5. The Balaban J connectivity index is 1.90. The summed E-state index contributed by atoms with van der Waals surface area (Å²) in [5.41, 5.74) is 0.148. The van der Waals surface area contributed by atoms with Crippen molar-refractivity contribution >= 4 is 23.4 Å². The van der Waals surface area contributed by atoms with Crippen LogP contribution in [0.3, 0.4) is 0 Å². The van der Waals surface area contributed by atoms with Gasteiger partial charge >= 0.3 is 0 Å². The topological polar surface area (TPSA) is 90.6 Å². The lowest BCUT2D eigenvalue weighted by atomic mass is 9.85. The molecule has 0 aliphatic carbocycles. The molecule has 0 saturated carbocycles. The molecule has 2 aromatic rings. The number of ether oxygens (including phenoxy) is 1. The van der Waals surface area contributed by atoms with Crippen LogP contribution in [0, 0.1) is 11.3 Å². The second-order valence-corrected chi connectivity index (χ2v) is 7.57. The molecule has 1 N–H and O–H groups in total. The predicted octanol–water partition coefficient (Wildman–Crippen LogP) is 3.08. The fraction of sp³-hybridized carbons (Fsp3) is 0.250. The minimum Gasteiger partial charge on any atom is -0.485 e. The highest BCUT2D eigenvalue weighted by Crippen LogP contribution is 2.45. The van der Waals surface area contributed by atoms with E-state index >= 15 is 0 Å². The first-order valence-corrected chi connectivity index (χ1v) is 8.71. The molecule has 0 saturated heterocycles. The zero-order valence-electron chi connectivity index (χ0n) is 14.6. The molecule has 2 aliphatic heterocycles. The van der Waals surface area contributed by atoms with Gasteiger partial charge < -0.3 is 9.84 Å². The number of imide groups is 1. The SMILES string of the molecule is CC1(C)Oc2ccc(C#N)cc2C(N2C(=O)c3ccc(Cl)cc3C2=O)C1O. The lowest BCUT2D eigenvalue weighted by Crippen LogP contribution is -2.54. The van der Waals surface area contributed by atoms with Crippen LogP contribution in [0.1, 0.15) is 51.7 Å². The summed E-state index contributed by atoms with van der Waals surface area (Å²) in [6, 6.07) is 10.3. The molecular formula is C20H15ClN2O4. The van der Waals surface area contributed by atoms with Gasteiger partial charge in [-0.25, -0.2) is 0 Å². The first-order valence-electron chi connectivity index (χ1n) is 8.33. The average Bonchev–Trinajstić information content (AvgIpc) is 2.86. The Bertz CT molecular complexity index is 1040. The van der Waals surface area contributed by atoms with Crippen molar-refractivity contribution in [2.24, 2.45) is 0 Å². The summed E-state index contributed by atoms with van der Waals surface area (Å²) in [4.78, 5) is 27.0. The molecule has 2 atom stereocenters. The van der Waals surface area contributed by atoms with E-state index in [9.17, 15) is 20.0 Å². The number of carbonyl (C=O) groups is 2. The standard InChI is InChI=1S/C20H15ClN2O4/c1-20(2)17(24)16(14-7-10(9-22)3-6-15(14)27-20)23-18(25)12-5-4-11(21)8-13(12)19(23)26/h3-8,16-17,24H,1-2H3. The smallest absolute Gasteiger partial charge is 0.262 e. The number of halogens is 1. The van der Waals surface area contributed by atoms with E-state index in [4.69, 9.17) is 16.3 Å². The summed E-state index contributed by atoms with van der Waals surface area (Å²) in [7, 11) is 0. The van der Waals surface area contributed by atoms with Crippen molar-refractivity contribution in [3.8, 4) is 11.8 Å². The van der Waals surface area contributed by atoms with E-state index in [0.29, 0.717) is 21.9 Å². The number of fused-ring (bicyclic) bond motifs is 2. The van der Waals surface area contributed by atoms with Crippen LogP contribution in [0.25, 0.3) is 0 Å². The van der Waals surface area contributed by atoms with Crippen molar-refractivity contribution in [2.75, 3.05) is 0 Å². The Morgan fingerprint density at radius 3 is 2.56 bits per heavy atom. The molecule has 2 aliphatic rings. The van der Waals surface area contributed by atoms with Crippen LogP contribution < -0.4 is 4.74 Å². The van der Waals surface area contributed by atoms with Gasteiger partial charge in [0.15, 0.2) is 0 Å². The van der Waals surface area contributed by atoms with Gasteiger partial charge in [-0.1, -0.05) is 11.6 Å². The quantitative estimate of drug-likeness (QED) is 0.765. The maximum Gasteiger partial charge on any atom is 0.262 e. The van der Waals surface area contributed by atoms with E-state index in [1.54, 1.807) is 32.0 Å². The number of rotatable bonds is 1. The molecule has 0 bridgehead atoms. The van der Waals surface area contributed by atoms with Crippen LogP contribution in [-0.4, -0.2) is 33.5 Å². The van der Waals surface area contributed by atoms with Gasteiger partial charge in [0.05, 0.1) is 28.8 Å². The van der Waals surface area contributed by atoms with Gasteiger partial charge in [0, 0.05) is 10.6 Å². The van der Waals surface area contributed by atoms with Crippen molar-refractivity contribution in [2.45, 2.75) is 31.6 Å². The Morgan fingerprint density at radius 1 is 1.15 bits per heavy atom.